The number of hydrogen-bond donors (Lipinski definition) is 3. The summed E-state index contributed by atoms with van der Waals surface area (Å²) in [6.07, 6.45) is 17.2. The molecule has 0 radical (unpaired) electrons. The van der Waals surface area contributed by atoms with Gasteiger partial charge in [0.2, 0.25) is 0 Å². The highest BCUT2D eigenvalue weighted by Crippen LogP contribution is 2.43. The van der Waals surface area contributed by atoms with Crippen LogP contribution in [0.1, 0.15) is 96.8 Å². The van der Waals surface area contributed by atoms with Crippen LogP contribution in [0.15, 0.2) is 0 Å². The molecule has 0 saturated carbocycles. The molecule has 0 aliphatic rings. The van der Waals surface area contributed by atoms with Gasteiger partial charge < -0.3 is 15.7 Å². The van der Waals surface area contributed by atoms with Crippen LogP contribution in [0.5, 0.6) is 0 Å². The van der Waals surface area contributed by atoms with E-state index in [1.807, 2.05) is 0 Å². The highest BCUT2D eigenvalue weighted by molar-refractivity contribution is 7.47. The monoisotopic (exact) mass is 409 g/mol. The van der Waals surface area contributed by atoms with Crippen LogP contribution in [0.3, 0.4) is 0 Å². The normalized spacial score (nSPS) is 14.8. The highest BCUT2D eigenvalue weighted by Gasteiger charge is 2.24. The summed E-state index contributed by atoms with van der Waals surface area (Å²) in [5.41, 5.74) is 5.20. The summed E-state index contributed by atoms with van der Waals surface area (Å²) in [7, 11) is -4.22. The molecule has 27 heavy (non-hydrogen) atoms. The minimum atomic E-state index is -4.22. The molecule has 2 atom stereocenters. The first-order valence-corrected chi connectivity index (χ1v) is 12.0. The number of hydrogen-bond acceptors (Lipinski definition) is 5. The van der Waals surface area contributed by atoms with Crippen molar-refractivity contribution < 1.29 is 28.4 Å². The fourth-order valence-electron chi connectivity index (χ4n) is 2.76. The maximum absolute atomic E-state index is 11.5. The Morgan fingerprint density at radius 1 is 0.852 bits per heavy atom. The molecule has 0 aromatic carbocycles. The molecule has 0 aromatic heterocycles. The standard InChI is InChI=1S/C19H40NO6P/c1-2-3-4-5-6-7-8-9-10-11-12-13-14-15-16-25-27(23,24)26-17-18(20)19(21)22/h18H,2-17,20H2,1H3,(H,21,22)(H,23,24). The van der Waals surface area contributed by atoms with Crippen LogP contribution in [0.2, 0.25) is 0 Å². The number of carboxylic acid groups (broad SMARTS) is 1. The molecule has 0 saturated heterocycles. The van der Waals surface area contributed by atoms with Crippen LogP contribution in [-0.4, -0.2) is 35.2 Å². The molecule has 0 fully saturated rings. The van der Waals surface area contributed by atoms with Gasteiger partial charge in [0, 0.05) is 0 Å². The number of carboxylic acids is 1. The van der Waals surface area contributed by atoms with E-state index >= 15 is 0 Å². The second-order valence-corrected chi connectivity index (χ2v) is 8.59. The Kier molecular flexibility index (Phi) is 17.3. The van der Waals surface area contributed by atoms with Crippen LogP contribution < -0.4 is 5.73 Å². The van der Waals surface area contributed by atoms with Gasteiger partial charge in [-0.2, -0.15) is 0 Å². The van der Waals surface area contributed by atoms with Gasteiger partial charge in [0.1, 0.15) is 6.04 Å². The molecule has 0 aliphatic carbocycles. The minimum absolute atomic E-state index is 0.119. The summed E-state index contributed by atoms with van der Waals surface area (Å²) < 4.78 is 20.9. The predicted molar refractivity (Wildman–Crippen MR) is 108 cm³/mol. The fourth-order valence-corrected chi connectivity index (χ4v) is 3.54. The zero-order valence-corrected chi connectivity index (χ0v) is 17.8. The van der Waals surface area contributed by atoms with Crippen molar-refractivity contribution in [3.05, 3.63) is 0 Å². The molecule has 8 heteroatoms. The molecule has 0 spiro atoms. The zero-order chi connectivity index (χ0) is 20.4. The Hall–Kier alpha value is -0.460. The van der Waals surface area contributed by atoms with Crippen molar-refractivity contribution in [3.63, 3.8) is 0 Å². The second kappa shape index (κ2) is 17.6. The molecule has 0 bridgehead atoms. The summed E-state index contributed by atoms with van der Waals surface area (Å²) in [5, 5.41) is 8.58. The second-order valence-electron chi connectivity index (χ2n) is 7.14. The van der Waals surface area contributed by atoms with Gasteiger partial charge in [-0.15, -0.1) is 0 Å². The van der Waals surface area contributed by atoms with Gasteiger partial charge in [-0.1, -0.05) is 90.4 Å². The Labute approximate surface area is 164 Å². The van der Waals surface area contributed by atoms with E-state index in [1.165, 1.54) is 70.6 Å². The summed E-state index contributed by atoms with van der Waals surface area (Å²) in [4.78, 5) is 19.9. The van der Waals surface area contributed by atoms with Crippen molar-refractivity contribution in [2.45, 2.75) is 103 Å². The molecule has 2 unspecified atom stereocenters. The maximum Gasteiger partial charge on any atom is 0.472 e. The van der Waals surface area contributed by atoms with E-state index in [4.69, 9.17) is 15.4 Å². The Morgan fingerprint density at radius 2 is 1.26 bits per heavy atom. The van der Waals surface area contributed by atoms with Gasteiger partial charge >= 0.3 is 13.8 Å². The predicted octanol–water partition coefficient (Wildman–Crippen LogP) is 5.01. The van der Waals surface area contributed by atoms with Crippen LogP contribution >= 0.6 is 7.82 Å². The third-order valence-corrected chi connectivity index (χ3v) is 5.47. The van der Waals surface area contributed by atoms with E-state index in [-0.39, 0.29) is 6.61 Å². The first-order valence-electron chi connectivity index (χ1n) is 10.5. The minimum Gasteiger partial charge on any atom is -0.480 e. The molecule has 7 nitrogen and oxygen atoms in total. The first-order chi connectivity index (χ1) is 12.9. The van der Waals surface area contributed by atoms with Crippen LogP contribution in [0.4, 0.5) is 0 Å². The Bertz CT molecular complexity index is 408. The van der Waals surface area contributed by atoms with Gasteiger partial charge in [0.25, 0.3) is 0 Å². The third kappa shape index (κ3) is 18.7. The molecule has 162 valence electrons. The number of rotatable bonds is 20. The average Bonchev–Trinajstić information content (AvgIpc) is 2.62. The highest BCUT2D eigenvalue weighted by atomic mass is 31.2. The van der Waals surface area contributed by atoms with Gasteiger partial charge in [-0.05, 0) is 6.42 Å². The lowest BCUT2D eigenvalue weighted by molar-refractivity contribution is -0.139. The smallest absolute Gasteiger partial charge is 0.472 e. The number of nitrogens with two attached hydrogens (primary N) is 1. The fraction of sp³-hybridized carbons (Fsp3) is 0.947. The number of aliphatic carboxylic acids is 1. The topological polar surface area (TPSA) is 119 Å². The third-order valence-electron chi connectivity index (χ3n) is 4.49. The van der Waals surface area contributed by atoms with Crippen molar-refractivity contribution in [1.82, 2.24) is 0 Å². The van der Waals surface area contributed by atoms with Crippen LogP contribution in [-0.2, 0) is 18.4 Å². The van der Waals surface area contributed by atoms with E-state index in [9.17, 15) is 14.3 Å². The molecule has 0 rings (SSSR count). The van der Waals surface area contributed by atoms with Gasteiger partial charge in [-0.25, -0.2) is 4.57 Å². The molecule has 0 aromatic rings. The molecule has 0 aliphatic heterocycles. The maximum atomic E-state index is 11.5. The van der Waals surface area contributed by atoms with Crippen molar-refractivity contribution in [3.8, 4) is 0 Å². The molecule has 4 N–H and O–H groups in total. The lowest BCUT2D eigenvalue weighted by atomic mass is 10.0. The molecule has 0 heterocycles. The number of carbonyl (C=O) groups is 1. The van der Waals surface area contributed by atoms with Gasteiger partial charge in [0.15, 0.2) is 0 Å². The molecular formula is C19H40NO6P. The van der Waals surface area contributed by atoms with E-state index in [0.29, 0.717) is 6.42 Å². The summed E-state index contributed by atoms with van der Waals surface area (Å²) in [6.45, 7) is 1.81. The van der Waals surface area contributed by atoms with Crippen LogP contribution in [0.25, 0.3) is 0 Å². The van der Waals surface area contributed by atoms with Crippen LogP contribution in [0, 0.1) is 0 Å². The van der Waals surface area contributed by atoms with Crippen molar-refractivity contribution in [2.75, 3.05) is 13.2 Å². The van der Waals surface area contributed by atoms with Crippen molar-refractivity contribution in [1.29, 1.82) is 0 Å². The van der Waals surface area contributed by atoms with E-state index < -0.39 is 26.4 Å². The van der Waals surface area contributed by atoms with E-state index in [2.05, 4.69) is 11.4 Å². The lowest BCUT2D eigenvalue weighted by Crippen LogP contribution is -2.34. The number of phosphoric acid groups is 1. The first kappa shape index (κ1) is 26.5. The zero-order valence-electron chi connectivity index (χ0n) is 16.9. The summed E-state index contributed by atoms with van der Waals surface area (Å²) in [5.74, 6) is -1.29. The number of unbranched alkanes of at least 4 members (excludes halogenated alkanes) is 13. The van der Waals surface area contributed by atoms with Crippen molar-refractivity contribution in [2.24, 2.45) is 5.73 Å². The van der Waals surface area contributed by atoms with Gasteiger partial charge in [0.05, 0.1) is 13.2 Å². The quantitative estimate of drug-likeness (QED) is 0.191. The Morgan fingerprint density at radius 3 is 1.67 bits per heavy atom. The lowest BCUT2D eigenvalue weighted by Gasteiger charge is -2.13. The van der Waals surface area contributed by atoms with Gasteiger partial charge in [-0.3, -0.25) is 13.8 Å². The number of phosphoric ester groups is 1. The SMILES string of the molecule is CCCCCCCCCCCCCCCCOP(=O)(O)OCC(N)C(=O)O. The van der Waals surface area contributed by atoms with E-state index in [1.54, 1.807) is 0 Å². The molecular weight excluding hydrogens is 369 g/mol. The molecule has 0 amide bonds. The largest absolute Gasteiger partial charge is 0.480 e. The average molecular weight is 410 g/mol. The van der Waals surface area contributed by atoms with E-state index in [0.717, 1.165) is 12.8 Å². The van der Waals surface area contributed by atoms with Crippen molar-refractivity contribution >= 4 is 13.8 Å². The summed E-state index contributed by atoms with van der Waals surface area (Å²) >= 11 is 0. The summed E-state index contributed by atoms with van der Waals surface area (Å²) in [6, 6.07) is -1.34. The Balaban J connectivity index is 3.35.